The van der Waals surface area contributed by atoms with Crippen LogP contribution in [0.4, 0.5) is 0 Å². The van der Waals surface area contributed by atoms with E-state index >= 15 is 0 Å². The molecular weight excluding hydrogens is 1800 g/mol. The zero-order chi connectivity index (χ0) is 97.5. The third kappa shape index (κ3) is 17.2. The SMILES string of the molecule is c1ccc(-c2cc(-c3ccccc3)cc(-c3cccc4c3oc3cc(-c5nc(-c6ccccc6)nc(-c6ccccc6)n5)ccc34)c2)cc1.c1ccc(-c2cccc(-c3ccc(-c4cccc5c4oc4cc(-c6nc(-c7ccccc7)nc(-c7ccccc7)n6)ccc45)cc3)c2)cc1.c1ccc(-c2nc(-c3ccccc3)nc(-c3ccc4c(c3)oc3c(-c5ccc6c7ccccc7c7ccccc7c6c5)cccc34)n2)cc1. The molecule has 12 heteroatoms. The Labute approximate surface area is 846 Å². The second kappa shape index (κ2) is 38.2. The summed E-state index contributed by atoms with van der Waals surface area (Å²) in [7, 11) is 0. The standard InChI is InChI=1S/C45H27N3O.2C45H29N3O/c1-3-12-28(13-4-1)43-46-44(29-14-5-2-6-15-29)48-45(47-43)31-23-25-38-39-21-11-20-32(42(39)49-41(38)27-31)30-22-24-37-35-18-8-7-16-33(35)34-17-9-10-19-36(34)40(37)26-30;1-5-14-30(15-6-1)35-26-36(31-16-7-2-8-17-31)28-37(27-35)38-22-13-23-40-39-25-24-34(29-41(39)49-42(38)40)45-47-43(32-18-9-3-10-19-32)46-44(48-45)33-20-11-4-12-21-33;1-4-12-30(13-5-1)35-18-10-19-36(28-35)31-22-24-32(25-23-31)38-20-11-21-40-39-27-26-37(29-41(39)49-42(38)40)45-47-43(33-14-6-2-7-15-33)46-44(48-45)34-16-8-3-9-17-34/h1-27H;2*1-29H. The summed E-state index contributed by atoms with van der Waals surface area (Å²) in [5, 5.41) is 13.9. The summed E-state index contributed by atoms with van der Waals surface area (Å²) in [4.78, 5) is 44.1. The molecule has 0 amide bonds. The van der Waals surface area contributed by atoms with E-state index in [0.29, 0.717) is 52.4 Å². The van der Waals surface area contributed by atoms with Crippen molar-refractivity contribution in [2.45, 2.75) is 0 Å². The van der Waals surface area contributed by atoms with Crippen LogP contribution in [0.2, 0.25) is 0 Å². The summed E-state index contributed by atoms with van der Waals surface area (Å²) < 4.78 is 20.1. The van der Waals surface area contributed by atoms with Gasteiger partial charge in [0, 0.05) is 99.1 Å². The number of furan rings is 3. The molecular formula is C135H85N9O3. The minimum absolute atomic E-state index is 0.596. The molecule has 0 bridgehead atoms. The van der Waals surface area contributed by atoms with Crippen molar-refractivity contribution in [1.29, 1.82) is 0 Å². The highest BCUT2D eigenvalue weighted by molar-refractivity contribution is 6.26. The van der Waals surface area contributed by atoms with Gasteiger partial charge in [0.1, 0.15) is 33.5 Å². The van der Waals surface area contributed by atoms with E-state index in [0.717, 1.165) is 160 Å². The lowest BCUT2D eigenvalue weighted by Gasteiger charge is -2.12. The molecule has 6 aromatic heterocycles. The minimum Gasteiger partial charge on any atom is -0.455 e. The quantitative estimate of drug-likeness (QED) is 0.0845. The second-order valence-corrected chi connectivity index (χ2v) is 36.5. The van der Waals surface area contributed by atoms with E-state index in [2.05, 4.69) is 315 Å². The van der Waals surface area contributed by atoms with Crippen molar-refractivity contribution in [2.24, 2.45) is 0 Å². The van der Waals surface area contributed by atoms with E-state index < -0.39 is 0 Å². The fourth-order valence-electron chi connectivity index (χ4n) is 20.1. The molecule has 28 rings (SSSR count). The zero-order valence-corrected chi connectivity index (χ0v) is 79.3. The van der Waals surface area contributed by atoms with Gasteiger partial charge in [-0.2, -0.15) is 0 Å². The average Bonchev–Trinajstić information content (AvgIpc) is 1.78. The molecule has 22 aromatic carbocycles. The number of hydrogen-bond donors (Lipinski definition) is 0. The van der Waals surface area contributed by atoms with Crippen LogP contribution in [-0.4, -0.2) is 44.9 Å². The van der Waals surface area contributed by atoms with Crippen LogP contribution in [0.15, 0.2) is 529 Å². The number of para-hydroxylation sites is 3. The maximum atomic E-state index is 6.75. The Bertz CT molecular complexity index is 9560. The van der Waals surface area contributed by atoms with E-state index in [1.165, 1.54) is 65.7 Å². The maximum Gasteiger partial charge on any atom is 0.164 e. The van der Waals surface area contributed by atoms with Gasteiger partial charge in [0.05, 0.1) is 0 Å². The zero-order valence-electron chi connectivity index (χ0n) is 79.3. The Kier molecular flexibility index (Phi) is 22.7. The van der Waals surface area contributed by atoms with Gasteiger partial charge >= 0.3 is 0 Å². The molecule has 0 saturated heterocycles. The molecule has 28 aromatic rings. The van der Waals surface area contributed by atoms with Gasteiger partial charge < -0.3 is 13.3 Å². The van der Waals surface area contributed by atoms with Gasteiger partial charge in [0.25, 0.3) is 0 Å². The van der Waals surface area contributed by atoms with Gasteiger partial charge in [-0.1, -0.05) is 449 Å². The fourth-order valence-corrected chi connectivity index (χ4v) is 20.1. The molecule has 0 saturated carbocycles. The number of aromatic nitrogens is 9. The van der Waals surface area contributed by atoms with Crippen LogP contribution in [0, 0.1) is 0 Å². The first kappa shape index (κ1) is 87.3. The van der Waals surface area contributed by atoms with Crippen LogP contribution in [0.3, 0.4) is 0 Å². The molecule has 0 spiro atoms. The van der Waals surface area contributed by atoms with E-state index in [1.54, 1.807) is 0 Å². The van der Waals surface area contributed by atoms with Crippen molar-refractivity contribution < 1.29 is 13.3 Å². The summed E-state index contributed by atoms with van der Waals surface area (Å²) in [5.74, 6) is 5.58. The largest absolute Gasteiger partial charge is 0.455 e. The normalized spacial score (nSPS) is 11.4. The van der Waals surface area contributed by atoms with Crippen LogP contribution < -0.4 is 0 Å². The second-order valence-electron chi connectivity index (χ2n) is 36.5. The molecule has 0 aliphatic rings. The Morgan fingerprint density at radius 1 is 0.102 bits per heavy atom. The van der Waals surface area contributed by atoms with E-state index in [-0.39, 0.29) is 0 Å². The summed E-state index contributed by atoms with van der Waals surface area (Å²) in [5.41, 5.74) is 29.1. The number of hydrogen-bond acceptors (Lipinski definition) is 12. The third-order valence-electron chi connectivity index (χ3n) is 27.4. The molecule has 0 atom stereocenters. The Morgan fingerprint density at radius 2 is 0.299 bits per heavy atom. The van der Waals surface area contributed by atoms with Gasteiger partial charge in [-0.25, -0.2) is 44.9 Å². The number of benzene rings is 22. The molecule has 147 heavy (non-hydrogen) atoms. The van der Waals surface area contributed by atoms with E-state index in [1.807, 2.05) is 200 Å². The lowest BCUT2D eigenvalue weighted by Crippen LogP contribution is -2.00. The summed E-state index contributed by atoms with van der Waals surface area (Å²) >= 11 is 0. The first-order valence-electron chi connectivity index (χ1n) is 49.2. The molecule has 6 heterocycles. The van der Waals surface area contributed by atoms with E-state index in [4.69, 9.17) is 58.1 Å². The molecule has 0 aliphatic carbocycles. The first-order chi connectivity index (χ1) is 72.8. The molecule has 12 nitrogen and oxygen atoms in total. The highest BCUT2D eigenvalue weighted by Crippen LogP contribution is 2.47. The van der Waals surface area contributed by atoms with Crippen molar-refractivity contribution in [3.63, 3.8) is 0 Å². The third-order valence-corrected chi connectivity index (χ3v) is 27.4. The van der Waals surface area contributed by atoms with Crippen LogP contribution >= 0.6 is 0 Å². The monoisotopic (exact) mass is 1880 g/mol. The molecule has 0 fully saturated rings. The minimum atomic E-state index is 0.596. The summed E-state index contributed by atoms with van der Waals surface area (Å²) in [6, 6.07) is 178. The van der Waals surface area contributed by atoms with Crippen molar-refractivity contribution in [1.82, 2.24) is 44.9 Å². The Morgan fingerprint density at radius 3 is 0.619 bits per heavy atom. The molecule has 0 radical (unpaired) electrons. The van der Waals surface area contributed by atoms with Crippen molar-refractivity contribution in [3.8, 4) is 180 Å². The Hall–Kier alpha value is -20.0. The lowest BCUT2D eigenvalue weighted by molar-refractivity contribution is 0.669. The van der Waals surface area contributed by atoms with Gasteiger partial charge in [-0.3, -0.25) is 0 Å². The predicted octanol–water partition coefficient (Wildman–Crippen LogP) is 35.4. The topological polar surface area (TPSA) is 155 Å². The average molecular weight is 1880 g/mol. The van der Waals surface area contributed by atoms with Crippen LogP contribution in [-0.2, 0) is 0 Å². The smallest absolute Gasteiger partial charge is 0.164 e. The lowest BCUT2D eigenvalue weighted by atomic mass is 9.92. The van der Waals surface area contributed by atoms with Gasteiger partial charge in [-0.05, 0) is 160 Å². The van der Waals surface area contributed by atoms with Crippen molar-refractivity contribution >= 4 is 98.1 Å². The summed E-state index contributed by atoms with van der Waals surface area (Å²) in [6.07, 6.45) is 0. The molecule has 0 aliphatic heterocycles. The van der Waals surface area contributed by atoms with Crippen molar-refractivity contribution in [2.75, 3.05) is 0 Å². The fraction of sp³-hybridized carbons (Fsp3) is 0. The van der Waals surface area contributed by atoms with Gasteiger partial charge in [-0.15, -0.1) is 0 Å². The Balaban J connectivity index is 0.000000112. The summed E-state index contributed by atoms with van der Waals surface area (Å²) in [6.45, 7) is 0. The number of fused-ring (bicyclic) bond motifs is 15. The first-order valence-corrected chi connectivity index (χ1v) is 49.2. The number of nitrogens with zero attached hydrogens (tertiary/aromatic N) is 9. The van der Waals surface area contributed by atoms with Crippen LogP contribution in [0.5, 0.6) is 0 Å². The highest BCUT2D eigenvalue weighted by atomic mass is 16.3. The van der Waals surface area contributed by atoms with Crippen LogP contribution in [0.1, 0.15) is 0 Å². The van der Waals surface area contributed by atoms with Gasteiger partial charge in [0.15, 0.2) is 52.4 Å². The predicted molar refractivity (Wildman–Crippen MR) is 601 cm³/mol. The highest BCUT2D eigenvalue weighted by Gasteiger charge is 2.24. The molecule has 0 unspecified atom stereocenters. The maximum absolute atomic E-state index is 6.75. The number of rotatable bonds is 16. The van der Waals surface area contributed by atoms with E-state index in [9.17, 15) is 0 Å². The van der Waals surface area contributed by atoms with Crippen LogP contribution in [0.25, 0.3) is 279 Å². The van der Waals surface area contributed by atoms with Crippen molar-refractivity contribution in [3.05, 3.63) is 516 Å². The molecule has 0 N–H and O–H groups in total. The molecule has 688 valence electrons. The van der Waals surface area contributed by atoms with Gasteiger partial charge in [0.2, 0.25) is 0 Å².